The van der Waals surface area contributed by atoms with Gasteiger partial charge in [-0.3, -0.25) is 0 Å². The number of carbonyl (C=O) groups excluding carboxylic acids is 2. The van der Waals surface area contributed by atoms with Crippen LogP contribution in [0.15, 0.2) is 5.38 Å². The summed E-state index contributed by atoms with van der Waals surface area (Å²) in [4.78, 5) is 28.1. The Bertz CT molecular complexity index is 677. The maximum Gasteiger partial charge on any atom is 0.351 e. The first-order valence-electron chi connectivity index (χ1n) is 5.41. The van der Waals surface area contributed by atoms with E-state index in [1.165, 1.54) is 25.6 Å². The molecule has 2 heterocycles. The molecular formula is C12H10ClNO4S2. The lowest BCUT2D eigenvalue weighted by Crippen LogP contribution is -2.00. The number of thiophene rings is 1. The summed E-state index contributed by atoms with van der Waals surface area (Å²) in [6.45, 7) is 1.85. The van der Waals surface area contributed by atoms with Gasteiger partial charge in [-0.1, -0.05) is 11.6 Å². The zero-order chi connectivity index (χ0) is 14.9. The standard InChI is InChI=1S/C12H10ClNO4S2/c1-5-4-19-7(11(15)17-2)6(5)10-14-9(13)8(20-10)12(16)18-3/h4H,1-3H3. The second-order valence-corrected chi connectivity index (χ2v) is 5.98. The highest BCUT2D eigenvalue weighted by Gasteiger charge is 2.24. The quantitative estimate of drug-likeness (QED) is 0.806. The molecule has 0 atom stereocenters. The molecule has 0 fully saturated rings. The highest BCUT2D eigenvalue weighted by molar-refractivity contribution is 7.18. The molecule has 0 spiro atoms. The maximum absolute atomic E-state index is 11.7. The Balaban J connectivity index is 2.55. The summed E-state index contributed by atoms with van der Waals surface area (Å²) >= 11 is 8.29. The zero-order valence-electron chi connectivity index (χ0n) is 10.9. The van der Waals surface area contributed by atoms with E-state index in [0.29, 0.717) is 15.4 Å². The first-order valence-corrected chi connectivity index (χ1v) is 7.48. The van der Waals surface area contributed by atoms with Crippen molar-refractivity contribution in [1.29, 1.82) is 0 Å². The van der Waals surface area contributed by atoms with Gasteiger partial charge < -0.3 is 9.47 Å². The summed E-state index contributed by atoms with van der Waals surface area (Å²) in [7, 11) is 2.59. The average molecular weight is 332 g/mol. The number of aromatic nitrogens is 1. The van der Waals surface area contributed by atoms with E-state index in [-0.39, 0.29) is 10.0 Å². The van der Waals surface area contributed by atoms with Crippen LogP contribution in [0.5, 0.6) is 0 Å². The van der Waals surface area contributed by atoms with Gasteiger partial charge in [0.25, 0.3) is 0 Å². The van der Waals surface area contributed by atoms with Crippen LogP contribution in [0.3, 0.4) is 0 Å². The third kappa shape index (κ3) is 2.56. The molecule has 106 valence electrons. The van der Waals surface area contributed by atoms with Crippen molar-refractivity contribution in [3.05, 3.63) is 25.9 Å². The minimum atomic E-state index is -0.550. The van der Waals surface area contributed by atoms with Crippen molar-refractivity contribution in [3.8, 4) is 10.6 Å². The fourth-order valence-corrected chi connectivity index (χ4v) is 3.93. The SMILES string of the molecule is COC(=O)c1sc(-c2c(C)csc2C(=O)OC)nc1Cl. The van der Waals surface area contributed by atoms with Crippen LogP contribution in [-0.4, -0.2) is 31.1 Å². The first-order chi connectivity index (χ1) is 9.49. The molecule has 0 aliphatic heterocycles. The van der Waals surface area contributed by atoms with Crippen LogP contribution >= 0.6 is 34.3 Å². The predicted octanol–water partition coefficient (Wildman–Crippen LogP) is 3.41. The molecule has 0 radical (unpaired) electrons. The monoisotopic (exact) mass is 331 g/mol. The highest BCUT2D eigenvalue weighted by atomic mass is 35.5. The Labute approximate surface area is 128 Å². The van der Waals surface area contributed by atoms with Gasteiger partial charge in [-0.05, 0) is 17.9 Å². The van der Waals surface area contributed by atoms with Crippen LogP contribution in [0, 0.1) is 6.92 Å². The third-order valence-electron chi connectivity index (χ3n) is 2.52. The molecule has 2 aromatic heterocycles. The Hall–Kier alpha value is -1.44. The lowest BCUT2D eigenvalue weighted by molar-refractivity contribution is 0.0597. The van der Waals surface area contributed by atoms with Gasteiger partial charge in [0, 0.05) is 5.56 Å². The molecule has 0 N–H and O–H groups in total. The van der Waals surface area contributed by atoms with Crippen LogP contribution in [-0.2, 0) is 9.47 Å². The van der Waals surface area contributed by atoms with E-state index in [1.807, 2.05) is 12.3 Å². The molecule has 2 rings (SSSR count). The number of aryl methyl sites for hydroxylation is 1. The van der Waals surface area contributed by atoms with Gasteiger partial charge in [-0.25, -0.2) is 14.6 Å². The molecule has 0 amide bonds. The van der Waals surface area contributed by atoms with Gasteiger partial charge in [-0.15, -0.1) is 22.7 Å². The van der Waals surface area contributed by atoms with Crippen LogP contribution in [0.2, 0.25) is 5.15 Å². The van der Waals surface area contributed by atoms with Crippen LogP contribution in [0.4, 0.5) is 0 Å². The fourth-order valence-electron chi connectivity index (χ4n) is 1.58. The van der Waals surface area contributed by atoms with E-state index in [2.05, 4.69) is 9.72 Å². The largest absolute Gasteiger partial charge is 0.465 e. The van der Waals surface area contributed by atoms with E-state index >= 15 is 0 Å². The first kappa shape index (κ1) is 15.0. The minimum absolute atomic E-state index is 0.0678. The normalized spacial score (nSPS) is 10.4. The smallest absolute Gasteiger partial charge is 0.351 e. The predicted molar refractivity (Wildman–Crippen MR) is 77.9 cm³/mol. The van der Waals surface area contributed by atoms with E-state index in [0.717, 1.165) is 16.9 Å². The second kappa shape index (κ2) is 5.90. The minimum Gasteiger partial charge on any atom is -0.465 e. The highest BCUT2D eigenvalue weighted by Crippen LogP contribution is 2.38. The molecule has 0 bridgehead atoms. The molecule has 2 aromatic rings. The number of halogens is 1. The Morgan fingerprint density at radius 3 is 2.40 bits per heavy atom. The molecule has 8 heteroatoms. The summed E-state index contributed by atoms with van der Waals surface area (Å²) in [5, 5.41) is 2.39. The van der Waals surface area contributed by atoms with Gasteiger partial charge in [0.15, 0.2) is 10.0 Å². The summed E-state index contributed by atoms with van der Waals surface area (Å²) in [5.41, 5.74) is 1.51. The topological polar surface area (TPSA) is 65.5 Å². The van der Waals surface area contributed by atoms with Crippen molar-refractivity contribution >= 4 is 46.2 Å². The third-order valence-corrected chi connectivity index (χ3v) is 5.03. The van der Waals surface area contributed by atoms with Crippen molar-refractivity contribution in [3.63, 3.8) is 0 Å². The summed E-state index contributed by atoms with van der Waals surface area (Å²) < 4.78 is 9.38. The maximum atomic E-state index is 11.7. The molecule has 5 nitrogen and oxygen atoms in total. The molecule has 0 aliphatic rings. The van der Waals surface area contributed by atoms with Crippen molar-refractivity contribution in [2.45, 2.75) is 6.92 Å². The number of methoxy groups -OCH3 is 2. The Morgan fingerprint density at radius 1 is 1.20 bits per heavy atom. The van der Waals surface area contributed by atoms with Crippen molar-refractivity contribution < 1.29 is 19.1 Å². The van der Waals surface area contributed by atoms with Crippen molar-refractivity contribution in [2.24, 2.45) is 0 Å². The Morgan fingerprint density at radius 2 is 1.80 bits per heavy atom. The number of carbonyl (C=O) groups is 2. The number of hydrogen-bond acceptors (Lipinski definition) is 7. The molecule has 20 heavy (non-hydrogen) atoms. The molecular weight excluding hydrogens is 322 g/mol. The molecule has 0 aliphatic carbocycles. The van der Waals surface area contributed by atoms with Gasteiger partial charge in [0.2, 0.25) is 0 Å². The number of nitrogens with zero attached hydrogens (tertiary/aromatic N) is 1. The van der Waals surface area contributed by atoms with Gasteiger partial charge in [0.05, 0.1) is 14.2 Å². The van der Waals surface area contributed by atoms with E-state index < -0.39 is 11.9 Å². The van der Waals surface area contributed by atoms with Crippen molar-refractivity contribution in [2.75, 3.05) is 14.2 Å². The summed E-state index contributed by atoms with van der Waals surface area (Å²) in [6.07, 6.45) is 0. The molecule has 0 unspecified atom stereocenters. The van der Waals surface area contributed by atoms with Gasteiger partial charge in [-0.2, -0.15) is 0 Å². The fraction of sp³-hybridized carbons (Fsp3) is 0.250. The van der Waals surface area contributed by atoms with E-state index in [1.54, 1.807) is 0 Å². The number of thiazole rings is 1. The number of hydrogen-bond donors (Lipinski definition) is 0. The van der Waals surface area contributed by atoms with E-state index in [9.17, 15) is 9.59 Å². The lowest BCUT2D eigenvalue weighted by Gasteiger charge is -2.00. The van der Waals surface area contributed by atoms with Gasteiger partial charge in [0.1, 0.15) is 9.88 Å². The molecule has 0 aromatic carbocycles. The zero-order valence-corrected chi connectivity index (χ0v) is 13.2. The summed E-state index contributed by atoms with van der Waals surface area (Å²) in [5.74, 6) is -0.990. The van der Waals surface area contributed by atoms with E-state index in [4.69, 9.17) is 16.3 Å². The molecule has 0 saturated carbocycles. The summed E-state index contributed by atoms with van der Waals surface area (Å²) in [6, 6.07) is 0. The van der Waals surface area contributed by atoms with Gasteiger partial charge >= 0.3 is 11.9 Å². The van der Waals surface area contributed by atoms with Crippen molar-refractivity contribution in [1.82, 2.24) is 4.98 Å². The van der Waals surface area contributed by atoms with Crippen LogP contribution in [0.1, 0.15) is 24.9 Å². The van der Waals surface area contributed by atoms with Crippen LogP contribution in [0.25, 0.3) is 10.6 Å². The average Bonchev–Trinajstić information content (AvgIpc) is 3.00. The number of rotatable bonds is 3. The number of ether oxygens (including phenoxy) is 2. The second-order valence-electron chi connectivity index (χ2n) is 3.74. The number of esters is 2. The lowest BCUT2D eigenvalue weighted by atomic mass is 10.2. The molecule has 0 saturated heterocycles. The van der Waals surface area contributed by atoms with Crippen LogP contribution < -0.4 is 0 Å². The Kier molecular flexibility index (Phi) is 4.42.